The van der Waals surface area contributed by atoms with E-state index in [4.69, 9.17) is 0 Å². The molecule has 2 amide bonds. The summed E-state index contributed by atoms with van der Waals surface area (Å²) >= 11 is 0. The van der Waals surface area contributed by atoms with E-state index < -0.39 is 27.9 Å². The van der Waals surface area contributed by atoms with Crippen LogP contribution in [0.1, 0.15) is 12.5 Å². The summed E-state index contributed by atoms with van der Waals surface area (Å²) in [6.45, 7) is 1.90. The Hall–Kier alpha value is -1.93. The molecule has 1 unspecified atom stereocenters. The zero-order valence-electron chi connectivity index (χ0n) is 11.4. The van der Waals surface area contributed by atoms with Gasteiger partial charge in [-0.25, -0.2) is 8.42 Å². The zero-order chi connectivity index (χ0) is 15.2. The maximum absolute atomic E-state index is 12.7. The maximum atomic E-state index is 12.7. The van der Waals surface area contributed by atoms with Gasteiger partial charge in [-0.1, -0.05) is 0 Å². The fraction of sp³-hybridized carbons (Fsp3) is 0.385. The van der Waals surface area contributed by atoms with E-state index in [0.717, 1.165) is 28.5 Å². The number of hydrogen-bond donors (Lipinski definition) is 2. The third-order valence-electron chi connectivity index (χ3n) is 3.77. The van der Waals surface area contributed by atoms with Gasteiger partial charge in [0.05, 0.1) is 11.4 Å². The number of fused-ring (bicyclic) bond motifs is 1. The Bertz CT molecular complexity index is 729. The van der Waals surface area contributed by atoms with Gasteiger partial charge in [-0.3, -0.25) is 14.9 Å². The lowest BCUT2D eigenvalue weighted by molar-refractivity contribution is -0.136. The van der Waals surface area contributed by atoms with Crippen molar-refractivity contribution in [3.8, 4) is 0 Å². The van der Waals surface area contributed by atoms with Crippen LogP contribution in [-0.4, -0.2) is 43.7 Å². The van der Waals surface area contributed by atoms with Crippen molar-refractivity contribution in [3.05, 3.63) is 23.8 Å². The van der Waals surface area contributed by atoms with Crippen LogP contribution in [0.3, 0.4) is 0 Å². The smallest absolute Gasteiger partial charge is 0.244 e. The number of benzene rings is 1. The van der Waals surface area contributed by atoms with Crippen molar-refractivity contribution in [1.82, 2.24) is 9.62 Å². The van der Waals surface area contributed by atoms with Crippen LogP contribution >= 0.6 is 0 Å². The molecule has 0 bridgehead atoms. The number of nitrogens with zero attached hydrogens (tertiary/aromatic N) is 1. The molecule has 0 aliphatic carbocycles. The van der Waals surface area contributed by atoms with Gasteiger partial charge in [-0.05, 0) is 37.1 Å². The molecule has 21 heavy (non-hydrogen) atoms. The van der Waals surface area contributed by atoms with E-state index in [1.165, 1.54) is 13.0 Å². The third kappa shape index (κ3) is 2.30. The molecule has 1 aromatic rings. The van der Waals surface area contributed by atoms with Gasteiger partial charge in [-0.2, -0.15) is 4.31 Å². The Kier molecular flexibility index (Phi) is 3.22. The van der Waals surface area contributed by atoms with Gasteiger partial charge in [0.1, 0.15) is 6.04 Å². The molecule has 0 spiro atoms. The first-order chi connectivity index (χ1) is 9.89. The predicted octanol–water partition coefficient (Wildman–Crippen LogP) is -0.310. The lowest BCUT2D eigenvalue weighted by Crippen LogP contribution is -2.58. The Morgan fingerprint density at radius 2 is 2.05 bits per heavy atom. The summed E-state index contributed by atoms with van der Waals surface area (Å²) in [5, 5.41) is 5.28. The molecule has 0 radical (unpaired) electrons. The van der Waals surface area contributed by atoms with Crippen molar-refractivity contribution in [2.75, 3.05) is 18.4 Å². The summed E-state index contributed by atoms with van der Waals surface area (Å²) in [6.07, 6.45) is 0.758. The molecule has 3 rings (SSSR count). The molecule has 7 nitrogen and oxygen atoms in total. The van der Waals surface area contributed by atoms with Crippen LogP contribution in [0.2, 0.25) is 0 Å². The second kappa shape index (κ2) is 4.81. The quantitative estimate of drug-likeness (QED) is 0.731. The molecule has 112 valence electrons. The molecule has 1 fully saturated rings. The van der Waals surface area contributed by atoms with Crippen LogP contribution in [0, 0.1) is 0 Å². The first kappa shape index (κ1) is 14.0. The number of sulfonamides is 1. The SMILES string of the molecule is CC1C(=O)NC(=O)CN1S(=O)(=O)c1ccc2c(c1)CCN2. The molecule has 8 heteroatoms. The molecule has 2 aliphatic heterocycles. The molecule has 2 N–H and O–H groups in total. The molecular weight excluding hydrogens is 294 g/mol. The minimum atomic E-state index is -3.87. The highest BCUT2D eigenvalue weighted by Crippen LogP contribution is 2.27. The Balaban J connectivity index is 2.00. The van der Waals surface area contributed by atoms with E-state index in [1.54, 1.807) is 12.1 Å². The molecule has 0 saturated carbocycles. The number of carbonyl (C=O) groups excluding carboxylic acids is 2. The fourth-order valence-electron chi connectivity index (χ4n) is 2.56. The zero-order valence-corrected chi connectivity index (χ0v) is 12.2. The highest BCUT2D eigenvalue weighted by atomic mass is 32.2. The molecule has 0 aromatic heterocycles. The molecule has 1 saturated heterocycles. The van der Waals surface area contributed by atoms with E-state index >= 15 is 0 Å². The largest absolute Gasteiger partial charge is 0.384 e. The Labute approximate surface area is 122 Å². The van der Waals surface area contributed by atoms with Crippen molar-refractivity contribution in [1.29, 1.82) is 0 Å². The summed E-state index contributed by atoms with van der Waals surface area (Å²) < 4.78 is 26.3. The van der Waals surface area contributed by atoms with Crippen molar-refractivity contribution in [2.45, 2.75) is 24.3 Å². The van der Waals surface area contributed by atoms with E-state index in [0.29, 0.717) is 0 Å². The monoisotopic (exact) mass is 309 g/mol. The molecule has 2 aliphatic rings. The van der Waals surface area contributed by atoms with E-state index in [1.807, 2.05) is 0 Å². The number of imide groups is 1. The minimum absolute atomic E-state index is 0.110. The number of nitrogens with one attached hydrogen (secondary N) is 2. The van der Waals surface area contributed by atoms with Crippen molar-refractivity contribution < 1.29 is 18.0 Å². The minimum Gasteiger partial charge on any atom is -0.384 e. The number of hydrogen-bond acceptors (Lipinski definition) is 5. The second-order valence-electron chi connectivity index (χ2n) is 5.13. The number of amides is 2. The van der Waals surface area contributed by atoms with Gasteiger partial charge in [-0.15, -0.1) is 0 Å². The first-order valence-electron chi connectivity index (χ1n) is 6.62. The van der Waals surface area contributed by atoms with E-state index in [2.05, 4.69) is 10.6 Å². The molecular formula is C13H15N3O4S. The number of anilines is 1. The summed E-state index contributed by atoms with van der Waals surface area (Å²) in [5.41, 5.74) is 1.85. The number of carbonyl (C=O) groups is 2. The lowest BCUT2D eigenvalue weighted by Gasteiger charge is -2.30. The van der Waals surface area contributed by atoms with E-state index in [-0.39, 0.29) is 11.4 Å². The predicted molar refractivity (Wildman–Crippen MR) is 75.1 cm³/mol. The normalized spacial score (nSPS) is 22.6. The summed E-state index contributed by atoms with van der Waals surface area (Å²) in [7, 11) is -3.87. The second-order valence-corrected chi connectivity index (χ2v) is 7.02. The summed E-state index contributed by atoms with van der Waals surface area (Å²) in [4.78, 5) is 23.2. The van der Waals surface area contributed by atoms with Crippen molar-refractivity contribution >= 4 is 27.5 Å². The standard InChI is InChI=1S/C13H15N3O4S/c1-8-13(18)15-12(17)7-16(8)21(19,20)10-2-3-11-9(6-10)4-5-14-11/h2-3,6,8,14H,4-5,7H2,1H3,(H,15,17,18). The van der Waals surface area contributed by atoms with Crippen LogP contribution in [0.15, 0.2) is 23.1 Å². The fourth-order valence-corrected chi connectivity index (χ4v) is 4.16. The van der Waals surface area contributed by atoms with Crippen LogP contribution in [-0.2, 0) is 26.0 Å². The number of rotatable bonds is 2. The maximum Gasteiger partial charge on any atom is 0.244 e. The topological polar surface area (TPSA) is 95.6 Å². The van der Waals surface area contributed by atoms with Crippen LogP contribution in [0.4, 0.5) is 5.69 Å². The molecule has 1 aromatic carbocycles. The van der Waals surface area contributed by atoms with Gasteiger partial charge in [0, 0.05) is 12.2 Å². The van der Waals surface area contributed by atoms with Gasteiger partial charge in [0.25, 0.3) is 0 Å². The van der Waals surface area contributed by atoms with Gasteiger partial charge in [0.15, 0.2) is 0 Å². The van der Waals surface area contributed by atoms with E-state index in [9.17, 15) is 18.0 Å². The van der Waals surface area contributed by atoms with Crippen LogP contribution in [0.5, 0.6) is 0 Å². The molecule has 1 atom stereocenters. The highest BCUT2D eigenvalue weighted by molar-refractivity contribution is 7.89. The average Bonchev–Trinajstić information content (AvgIpc) is 2.89. The van der Waals surface area contributed by atoms with Gasteiger partial charge < -0.3 is 5.32 Å². The van der Waals surface area contributed by atoms with Crippen molar-refractivity contribution in [2.24, 2.45) is 0 Å². The highest BCUT2D eigenvalue weighted by Gasteiger charge is 2.39. The van der Waals surface area contributed by atoms with Crippen LogP contribution in [0.25, 0.3) is 0 Å². The van der Waals surface area contributed by atoms with Gasteiger partial charge in [0.2, 0.25) is 21.8 Å². The van der Waals surface area contributed by atoms with Gasteiger partial charge >= 0.3 is 0 Å². The Morgan fingerprint density at radius 1 is 1.29 bits per heavy atom. The summed E-state index contributed by atoms with van der Waals surface area (Å²) in [5.74, 6) is -1.21. The molecule has 2 heterocycles. The third-order valence-corrected chi connectivity index (χ3v) is 5.68. The van der Waals surface area contributed by atoms with Crippen LogP contribution < -0.4 is 10.6 Å². The van der Waals surface area contributed by atoms with Crippen molar-refractivity contribution in [3.63, 3.8) is 0 Å². The Morgan fingerprint density at radius 3 is 2.81 bits per heavy atom. The average molecular weight is 309 g/mol. The first-order valence-corrected chi connectivity index (χ1v) is 8.06. The summed E-state index contributed by atoms with van der Waals surface area (Å²) in [6, 6.07) is 3.91. The lowest BCUT2D eigenvalue weighted by atomic mass is 10.2. The number of piperazine rings is 1.